The van der Waals surface area contributed by atoms with E-state index in [0.29, 0.717) is 4.90 Å². The monoisotopic (exact) mass is 258 g/mol. The van der Waals surface area contributed by atoms with Crippen LogP contribution in [0, 0.1) is 6.92 Å². The molecule has 0 aliphatic heterocycles. The molecule has 0 saturated heterocycles. The van der Waals surface area contributed by atoms with Crippen molar-refractivity contribution in [2.45, 2.75) is 58.6 Å². The Morgan fingerprint density at radius 3 is 1.71 bits per heavy atom. The molecule has 0 radical (unpaired) electrons. The number of rotatable bonds is 2. The van der Waals surface area contributed by atoms with Gasteiger partial charge in [0.2, 0.25) is 0 Å². The number of sulfone groups is 1. The Morgan fingerprint density at radius 2 is 1.35 bits per heavy atom. The lowest BCUT2D eigenvalue weighted by Crippen LogP contribution is -2.14. The minimum atomic E-state index is -3.11. The largest absolute Gasteiger partial charge is 0.223 e. The molecule has 0 saturated carbocycles. The van der Waals surface area contributed by atoms with Crippen LogP contribution in [-0.4, -0.2) is 13.7 Å². The van der Waals surface area contributed by atoms with Crippen molar-refractivity contribution in [3.8, 4) is 0 Å². The van der Waals surface area contributed by atoms with Gasteiger partial charge in [-0.25, -0.2) is 8.42 Å². The Bertz CT molecular complexity index is 392. The Balaban J connectivity index is 0. The van der Waals surface area contributed by atoms with Crippen LogP contribution in [0.4, 0.5) is 0 Å². The van der Waals surface area contributed by atoms with Crippen LogP contribution in [0.5, 0.6) is 0 Å². The molecule has 1 aromatic rings. The van der Waals surface area contributed by atoms with E-state index in [4.69, 9.17) is 0 Å². The van der Waals surface area contributed by atoms with Crippen molar-refractivity contribution in [3.63, 3.8) is 0 Å². The first-order chi connectivity index (χ1) is 7.96. The van der Waals surface area contributed by atoms with Crippen LogP contribution < -0.4 is 0 Å². The average molecular weight is 258 g/mol. The summed E-state index contributed by atoms with van der Waals surface area (Å²) >= 11 is 0. The first-order valence-electron chi connectivity index (χ1n) is 6.26. The summed E-state index contributed by atoms with van der Waals surface area (Å²) in [5.74, 6) is 0. The van der Waals surface area contributed by atoms with E-state index in [1.165, 1.54) is 0 Å². The predicted octanol–water partition coefficient (Wildman–Crippen LogP) is 4.23. The van der Waals surface area contributed by atoms with E-state index in [2.05, 4.69) is 0 Å². The van der Waals surface area contributed by atoms with Crippen LogP contribution >= 0.6 is 0 Å². The molecule has 2 nitrogen and oxygen atoms in total. The second-order valence-electron chi connectivity index (χ2n) is 3.36. The van der Waals surface area contributed by atoms with Gasteiger partial charge in [-0.15, -0.1) is 0 Å². The fourth-order valence-corrected chi connectivity index (χ4v) is 2.42. The van der Waals surface area contributed by atoms with Gasteiger partial charge in [0.05, 0.1) is 10.1 Å². The molecule has 1 rings (SSSR count). The van der Waals surface area contributed by atoms with E-state index in [1.54, 1.807) is 26.0 Å². The highest BCUT2D eigenvalue weighted by Gasteiger charge is 2.20. The third kappa shape index (κ3) is 5.35. The molecule has 17 heavy (non-hydrogen) atoms. The van der Waals surface area contributed by atoms with E-state index in [9.17, 15) is 8.42 Å². The van der Waals surface area contributed by atoms with Gasteiger partial charge in [0.25, 0.3) is 0 Å². The normalized spacial score (nSPS) is 9.88. The SMILES string of the molecule is CC.CC.Cc1ccccc1S(=O)(=O)C(C)C. The smallest absolute Gasteiger partial charge is 0.180 e. The molecule has 0 bridgehead atoms. The topological polar surface area (TPSA) is 34.1 Å². The Labute approximate surface area is 107 Å². The fourth-order valence-electron chi connectivity index (χ4n) is 1.13. The molecule has 3 heteroatoms. The zero-order valence-electron chi connectivity index (χ0n) is 12.1. The van der Waals surface area contributed by atoms with Gasteiger partial charge in [0.1, 0.15) is 0 Å². The van der Waals surface area contributed by atoms with Crippen molar-refractivity contribution in [1.29, 1.82) is 0 Å². The average Bonchev–Trinajstić information content (AvgIpc) is 2.34. The van der Waals surface area contributed by atoms with Gasteiger partial charge < -0.3 is 0 Å². The fraction of sp³-hybridized carbons (Fsp3) is 0.571. The molecule has 0 aromatic heterocycles. The minimum absolute atomic E-state index is 0.353. The standard InChI is InChI=1S/C10H14O2S.2C2H6/c1-8(2)13(11,12)10-7-5-4-6-9(10)3;2*1-2/h4-8H,1-3H3;2*1-2H3. The van der Waals surface area contributed by atoms with Crippen LogP contribution in [0.2, 0.25) is 0 Å². The summed E-state index contributed by atoms with van der Waals surface area (Å²) in [5.41, 5.74) is 0.816. The van der Waals surface area contributed by atoms with Crippen LogP contribution in [0.25, 0.3) is 0 Å². The number of hydrogen-bond donors (Lipinski definition) is 0. The van der Waals surface area contributed by atoms with Crippen molar-refractivity contribution < 1.29 is 8.42 Å². The molecule has 0 heterocycles. The summed E-state index contributed by atoms with van der Waals surface area (Å²) in [6.07, 6.45) is 0. The lowest BCUT2D eigenvalue weighted by atomic mass is 10.2. The molecule has 0 amide bonds. The van der Waals surface area contributed by atoms with Gasteiger partial charge in [0, 0.05) is 0 Å². The quantitative estimate of drug-likeness (QED) is 0.795. The van der Waals surface area contributed by atoms with E-state index < -0.39 is 9.84 Å². The number of aryl methyl sites for hydroxylation is 1. The third-order valence-electron chi connectivity index (χ3n) is 2.02. The van der Waals surface area contributed by atoms with Crippen molar-refractivity contribution in [1.82, 2.24) is 0 Å². The van der Waals surface area contributed by atoms with Gasteiger partial charge >= 0.3 is 0 Å². The summed E-state index contributed by atoms with van der Waals surface area (Å²) in [6.45, 7) is 13.2. The van der Waals surface area contributed by atoms with Crippen LogP contribution in [0.3, 0.4) is 0 Å². The summed E-state index contributed by atoms with van der Waals surface area (Å²) in [6, 6.07) is 7.07. The van der Waals surface area contributed by atoms with Crippen molar-refractivity contribution in [2.24, 2.45) is 0 Å². The third-order valence-corrected chi connectivity index (χ3v) is 4.33. The molecular formula is C14H26O2S. The second-order valence-corrected chi connectivity index (χ2v) is 5.83. The zero-order chi connectivity index (χ0) is 14.1. The summed E-state index contributed by atoms with van der Waals surface area (Å²) in [7, 11) is -3.11. The van der Waals surface area contributed by atoms with Gasteiger partial charge in [-0.3, -0.25) is 0 Å². The maximum atomic E-state index is 11.8. The molecule has 1 aromatic carbocycles. The van der Waals surface area contributed by atoms with E-state index in [1.807, 2.05) is 46.8 Å². The Kier molecular flexibility index (Phi) is 10.1. The lowest BCUT2D eigenvalue weighted by molar-refractivity contribution is 0.587. The van der Waals surface area contributed by atoms with E-state index >= 15 is 0 Å². The van der Waals surface area contributed by atoms with Crippen LogP contribution in [-0.2, 0) is 9.84 Å². The molecule has 0 N–H and O–H groups in total. The Hall–Kier alpha value is -0.830. The predicted molar refractivity (Wildman–Crippen MR) is 76.2 cm³/mol. The molecular weight excluding hydrogens is 232 g/mol. The summed E-state index contributed by atoms with van der Waals surface area (Å²) in [5, 5.41) is -0.353. The van der Waals surface area contributed by atoms with Crippen molar-refractivity contribution in [2.75, 3.05) is 0 Å². The molecule has 0 aliphatic carbocycles. The highest BCUT2D eigenvalue weighted by atomic mass is 32.2. The zero-order valence-corrected chi connectivity index (χ0v) is 12.9. The molecule has 0 fully saturated rings. The van der Waals surface area contributed by atoms with E-state index in [-0.39, 0.29) is 5.25 Å². The maximum absolute atomic E-state index is 11.8. The lowest BCUT2D eigenvalue weighted by Gasteiger charge is -2.09. The highest BCUT2D eigenvalue weighted by molar-refractivity contribution is 7.92. The van der Waals surface area contributed by atoms with Gasteiger partial charge in [-0.05, 0) is 32.4 Å². The minimum Gasteiger partial charge on any atom is -0.223 e. The van der Waals surface area contributed by atoms with Gasteiger partial charge in [0.15, 0.2) is 9.84 Å². The maximum Gasteiger partial charge on any atom is 0.180 e. The van der Waals surface area contributed by atoms with Crippen LogP contribution in [0.15, 0.2) is 29.2 Å². The van der Waals surface area contributed by atoms with Gasteiger partial charge in [-0.1, -0.05) is 45.9 Å². The molecule has 0 aliphatic rings. The molecule has 0 spiro atoms. The number of hydrogen-bond acceptors (Lipinski definition) is 2. The Morgan fingerprint density at radius 1 is 0.941 bits per heavy atom. The first-order valence-corrected chi connectivity index (χ1v) is 7.80. The van der Waals surface area contributed by atoms with Crippen molar-refractivity contribution >= 4 is 9.84 Å². The summed E-state index contributed by atoms with van der Waals surface area (Å²) in [4.78, 5) is 0.449. The molecule has 0 atom stereocenters. The van der Waals surface area contributed by atoms with Crippen LogP contribution in [0.1, 0.15) is 47.1 Å². The number of benzene rings is 1. The molecule has 100 valence electrons. The highest BCUT2D eigenvalue weighted by Crippen LogP contribution is 2.19. The van der Waals surface area contributed by atoms with Crippen molar-refractivity contribution in [3.05, 3.63) is 29.8 Å². The second kappa shape index (κ2) is 9.23. The summed E-state index contributed by atoms with van der Waals surface area (Å²) < 4.78 is 23.5. The molecule has 0 unspecified atom stereocenters. The first kappa shape index (κ1) is 18.5. The van der Waals surface area contributed by atoms with Gasteiger partial charge in [-0.2, -0.15) is 0 Å². The van der Waals surface area contributed by atoms with E-state index in [0.717, 1.165) is 5.56 Å².